The number of nitrogens with zero attached hydrogens (tertiary/aromatic N) is 1. The minimum absolute atomic E-state index is 0.0358. The first-order valence-corrected chi connectivity index (χ1v) is 11.3. The first kappa shape index (κ1) is 20.6. The second-order valence-corrected chi connectivity index (χ2v) is 8.49. The van der Waals surface area contributed by atoms with E-state index >= 15 is 0 Å². The lowest BCUT2D eigenvalue weighted by atomic mass is 9.96. The van der Waals surface area contributed by atoms with Crippen molar-refractivity contribution in [1.29, 1.82) is 0 Å². The number of aliphatic hydroxyl groups excluding tert-OH is 1. The molecule has 3 aromatic rings. The normalized spacial score (nSPS) is 16.2. The standard InChI is InChI=1S/C27H27N3O2/c31-14-6-1-3-7-20-9-10-22(26-23(20)17-28-27(26)32)25-16-21-15-19(8-11-24(21)29-25)18-30-12-4-2-5-13-30/h1,6,8-11,15-16,29,31H,2,4-5,12-14,17-18H2,(H,28,32)/b6-1+. The van der Waals surface area contributed by atoms with Gasteiger partial charge in [0.25, 0.3) is 5.91 Å². The average Bonchev–Trinajstić information content (AvgIpc) is 3.41. The highest BCUT2D eigenvalue weighted by molar-refractivity contribution is 6.05. The number of nitrogens with one attached hydrogen (secondary N) is 2. The fourth-order valence-electron chi connectivity index (χ4n) is 4.72. The summed E-state index contributed by atoms with van der Waals surface area (Å²) in [6.45, 7) is 3.81. The Bertz CT molecular complexity index is 1250. The van der Waals surface area contributed by atoms with E-state index in [1.807, 2.05) is 12.1 Å². The molecule has 3 N–H and O–H groups in total. The van der Waals surface area contributed by atoms with E-state index in [2.05, 4.69) is 51.3 Å². The van der Waals surface area contributed by atoms with Gasteiger partial charge in [0.1, 0.15) is 0 Å². The lowest BCUT2D eigenvalue weighted by molar-refractivity contribution is 0.0966. The number of likely N-dealkylation sites (tertiary alicyclic amines) is 1. The molecule has 3 heterocycles. The molecule has 1 fully saturated rings. The third-order valence-electron chi connectivity index (χ3n) is 6.31. The van der Waals surface area contributed by atoms with Gasteiger partial charge in [0.15, 0.2) is 0 Å². The Kier molecular flexibility index (Phi) is 5.81. The molecule has 2 aromatic carbocycles. The van der Waals surface area contributed by atoms with Crippen LogP contribution in [0.4, 0.5) is 0 Å². The molecular weight excluding hydrogens is 398 g/mol. The zero-order valence-electron chi connectivity index (χ0n) is 18.1. The Morgan fingerprint density at radius 1 is 1.09 bits per heavy atom. The zero-order valence-corrected chi connectivity index (χ0v) is 18.1. The Morgan fingerprint density at radius 2 is 1.97 bits per heavy atom. The first-order chi connectivity index (χ1) is 15.7. The number of rotatable bonds is 4. The minimum Gasteiger partial charge on any atom is -0.392 e. The fourth-order valence-corrected chi connectivity index (χ4v) is 4.72. The number of benzene rings is 2. The highest BCUT2D eigenvalue weighted by atomic mass is 16.2. The van der Waals surface area contributed by atoms with Gasteiger partial charge in [-0.2, -0.15) is 0 Å². The first-order valence-electron chi connectivity index (χ1n) is 11.3. The highest BCUT2D eigenvalue weighted by Crippen LogP contribution is 2.33. The van der Waals surface area contributed by atoms with E-state index < -0.39 is 0 Å². The van der Waals surface area contributed by atoms with Crippen LogP contribution in [-0.2, 0) is 13.1 Å². The molecule has 0 saturated carbocycles. The number of carbonyl (C=O) groups excluding carboxylic acids is 1. The molecule has 0 bridgehead atoms. The van der Waals surface area contributed by atoms with Crippen LogP contribution in [0.2, 0.25) is 0 Å². The predicted octanol–water partition coefficient (Wildman–Crippen LogP) is 3.96. The Balaban J connectivity index is 1.48. The molecule has 5 nitrogen and oxygen atoms in total. The minimum atomic E-state index is -0.0611. The van der Waals surface area contributed by atoms with Crippen LogP contribution >= 0.6 is 0 Å². The molecule has 0 spiro atoms. The Labute approximate surface area is 188 Å². The van der Waals surface area contributed by atoms with Crippen molar-refractivity contribution in [2.24, 2.45) is 0 Å². The maximum absolute atomic E-state index is 12.7. The van der Waals surface area contributed by atoms with Crippen LogP contribution in [0.25, 0.3) is 22.2 Å². The maximum Gasteiger partial charge on any atom is 0.252 e. The third-order valence-corrected chi connectivity index (χ3v) is 6.31. The molecule has 0 radical (unpaired) electrons. The van der Waals surface area contributed by atoms with Crippen LogP contribution < -0.4 is 5.32 Å². The molecule has 5 rings (SSSR count). The Morgan fingerprint density at radius 3 is 2.81 bits per heavy atom. The van der Waals surface area contributed by atoms with Crippen molar-refractivity contribution in [2.45, 2.75) is 32.4 Å². The number of fused-ring (bicyclic) bond motifs is 2. The number of carbonyl (C=O) groups is 1. The molecule has 1 aromatic heterocycles. The summed E-state index contributed by atoms with van der Waals surface area (Å²) in [7, 11) is 0. The van der Waals surface area contributed by atoms with Crippen molar-refractivity contribution in [1.82, 2.24) is 15.2 Å². The number of aromatic amines is 1. The van der Waals surface area contributed by atoms with Crippen LogP contribution in [0.15, 0.2) is 48.6 Å². The third kappa shape index (κ3) is 4.08. The van der Waals surface area contributed by atoms with Gasteiger partial charge in [-0.3, -0.25) is 9.69 Å². The smallest absolute Gasteiger partial charge is 0.252 e. The monoisotopic (exact) mass is 425 g/mol. The predicted molar refractivity (Wildman–Crippen MR) is 127 cm³/mol. The summed E-state index contributed by atoms with van der Waals surface area (Å²) in [4.78, 5) is 18.7. The van der Waals surface area contributed by atoms with Crippen molar-refractivity contribution < 1.29 is 9.90 Å². The van der Waals surface area contributed by atoms with Gasteiger partial charge in [-0.1, -0.05) is 36.5 Å². The van der Waals surface area contributed by atoms with Gasteiger partial charge in [-0.05, 0) is 61.8 Å². The van der Waals surface area contributed by atoms with E-state index in [9.17, 15) is 4.79 Å². The zero-order chi connectivity index (χ0) is 21.9. The van der Waals surface area contributed by atoms with Gasteiger partial charge in [-0.25, -0.2) is 0 Å². The SMILES string of the molecule is O=C1NCc2c(C#C/C=C/CO)ccc(-c3cc4cc(CN5CCCCC5)ccc4[nH]3)c21. The number of amides is 1. The molecule has 1 amide bonds. The Hall–Kier alpha value is -3.33. The van der Waals surface area contributed by atoms with Gasteiger partial charge >= 0.3 is 0 Å². The molecule has 0 aliphatic carbocycles. The molecule has 2 aliphatic heterocycles. The number of allylic oxidation sites excluding steroid dienone is 1. The summed E-state index contributed by atoms with van der Waals surface area (Å²) in [5.41, 5.74) is 6.72. The van der Waals surface area contributed by atoms with E-state index in [0.717, 1.165) is 34.4 Å². The molecule has 2 aliphatic rings. The molecule has 5 heteroatoms. The van der Waals surface area contributed by atoms with E-state index in [-0.39, 0.29) is 12.5 Å². The van der Waals surface area contributed by atoms with Gasteiger partial charge < -0.3 is 15.4 Å². The number of aliphatic hydroxyl groups is 1. The topological polar surface area (TPSA) is 68.4 Å². The second-order valence-electron chi connectivity index (χ2n) is 8.49. The van der Waals surface area contributed by atoms with Crippen molar-refractivity contribution in [3.63, 3.8) is 0 Å². The van der Waals surface area contributed by atoms with Crippen LogP contribution in [0.1, 0.15) is 46.3 Å². The largest absolute Gasteiger partial charge is 0.392 e. The van der Waals surface area contributed by atoms with Crippen molar-refractivity contribution in [2.75, 3.05) is 19.7 Å². The summed E-state index contributed by atoms with van der Waals surface area (Å²) in [5, 5.41) is 13.0. The van der Waals surface area contributed by atoms with Gasteiger partial charge in [0.2, 0.25) is 0 Å². The van der Waals surface area contributed by atoms with Crippen LogP contribution in [0.3, 0.4) is 0 Å². The highest BCUT2D eigenvalue weighted by Gasteiger charge is 2.26. The lowest BCUT2D eigenvalue weighted by Crippen LogP contribution is -2.28. The molecule has 1 saturated heterocycles. The van der Waals surface area contributed by atoms with Gasteiger partial charge in [-0.15, -0.1) is 0 Å². The average molecular weight is 426 g/mol. The second kappa shape index (κ2) is 9.04. The van der Waals surface area contributed by atoms with Crippen LogP contribution in [0, 0.1) is 11.8 Å². The molecule has 0 atom stereocenters. The van der Waals surface area contributed by atoms with Crippen molar-refractivity contribution in [3.8, 4) is 23.1 Å². The van der Waals surface area contributed by atoms with Crippen LogP contribution in [0.5, 0.6) is 0 Å². The number of aromatic nitrogens is 1. The molecule has 32 heavy (non-hydrogen) atoms. The summed E-state index contributed by atoms with van der Waals surface area (Å²) in [6.07, 6.45) is 7.15. The molecule has 162 valence electrons. The number of hydrogen-bond donors (Lipinski definition) is 3. The van der Waals surface area contributed by atoms with Crippen LogP contribution in [-0.4, -0.2) is 40.6 Å². The quantitative estimate of drug-likeness (QED) is 0.554. The van der Waals surface area contributed by atoms with E-state index in [0.29, 0.717) is 12.1 Å². The van der Waals surface area contributed by atoms with Gasteiger partial charge in [0, 0.05) is 46.4 Å². The van der Waals surface area contributed by atoms with E-state index in [1.54, 1.807) is 12.2 Å². The number of piperidine rings is 1. The molecular formula is C27H27N3O2. The van der Waals surface area contributed by atoms with Crippen molar-refractivity contribution >= 4 is 16.8 Å². The summed E-state index contributed by atoms with van der Waals surface area (Å²) >= 11 is 0. The summed E-state index contributed by atoms with van der Waals surface area (Å²) in [6, 6.07) is 12.7. The fraction of sp³-hybridized carbons (Fsp3) is 0.296. The molecule has 0 unspecified atom stereocenters. The summed E-state index contributed by atoms with van der Waals surface area (Å²) < 4.78 is 0. The maximum atomic E-state index is 12.7. The number of H-pyrrole nitrogens is 1. The van der Waals surface area contributed by atoms with Gasteiger partial charge in [0.05, 0.1) is 12.2 Å². The van der Waals surface area contributed by atoms with E-state index in [4.69, 9.17) is 5.11 Å². The summed E-state index contributed by atoms with van der Waals surface area (Å²) in [5.74, 6) is 5.96. The van der Waals surface area contributed by atoms with Crippen molar-refractivity contribution in [3.05, 3.63) is 70.8 Å². The lowest BCUT2D eigenvalue weighted by Gasteiger charge is -2.26. The number of hydrogen-bond acceptors (Lipinski definition) is 3. The van der Waals surface area contributed by atoms with E-state index in [1.165, 1.54) is 43.3 Å².